The number of aliphatic hydroxyl groups is 2. The summed E-state index contributed by atoms with van der Waals surface area (Å²) in [4.78, 5) is 0. The molecular formula is C25H32O3. The van der Waals surface area contributed by atoms with Crippen LogP contribution in [0.4, 0.5) is 0 Å². The molecule has 4 aliphatic carbocycles. The van der Waals surface area contributed by atoms with E-state index in [1.54, 1.807) is 0 Å². The number of fused-ring (bicyclic) bond motifs is 1. The molecule has 8 atom stereocenters. The van der Waals surface area contributed by atoms with E-state index in [0.29, 0.717) is 18.3 Å². The fraction of sp³-hybridized carbons (Fsp3) is 0.680. The maximum atomic E-state index is 10.7. The van der Waals surface area contributed by atoms with Crippen molar-refractivity contribution >= 4 is 0 Å². The van der Waals surface area contributed by atoms with Crippen molar-refractivity contribution in [3.63, 3.8) is 0 Å². The van der Waals surface area contributed by atoms with Crippen molar-refractivity contribution in [1.82, 2.24) is 0 Å². The lowest BCUT2D eigenvalue weighted by molar-refractivity contribution is -0.155. The third kappa shape index (κ3) is 2.06. The van der Waals surface area contributed by atoms with Crippen LogP contribution in [0.5, 0.6) is 0 Å². The zero-order valence-electron chi connectivity index (χ0n) is 16.8. The minimum absolute atomic E-state index is 0.165. The van der Waals surface area contributed by atoms with E-state index in [2.05, 4.69) is 43.4 Å². The standard InChI is InChI=1S/C25H32O3/c1-23-11-9-17-15-19-22(27)20(26)10-12-24(19)13-14-25(17,28-24)21(23)8-7-18(23)16-5-3-2-4-6-16/h2-5,9,15-16,18,20-22,26-27H,6-8,10-14H2,1H3/t16?,18-,20-,21-,22-,23-,24+,25-/m1/s1. The highest BCUT2D eigenvalue weighted by molar-refractivity contribution is 5.48. The molecular weight excluding hydrogens is 348 g/mol. The van der Waals surface area contributed by atoms with Gasteiger partial charge in [-0.1, -0.05) is 43.4 Å². The second-order valence-electron chi connectivity index (χ2n) is 10.5. The Hall–Kier alpha value is -1.16. The summed E-state index contributed by atoms with van der Waals surface area (Å²) in [7, 11) is 0. The summed E-state index contributed by atoms with van der Waals surface area (Å²) in [6.07, 6.45) is 20.8. The minimum atomic E-state index is -0.769. The molecule has 6 rings (SSSR count). The van der Waals surface area contributed by atoms with Crippen molar-refractivity contribution < 1.29 is 14.9 Å². The van der Waals surface area contributed by atoms with Gasteiger partial charge in [-0.3, -0.25) is 0 Å². The maximum absolute atomic E-state index is 10.7. The molecule has 28 heavy (non-hydrogen) atoms. The average molecular weight is 381 g/mol. The van der Waals surface area contributed by atoms with Crippen molar-refractivity contribution in [3.05, 3.63) is 47.6 Å². The largest absolute Gasteiger partial charge is 0.390 e. The Morgan fingerprint density at radius 1 is 1.07 bits per heavy atom. The van der Waals surface area contributed by atoms with Gasteiger partial charge in [0.15, 0.2) is 0 Å². The van der Waals surface area contributed by atoms with E-state index in [1.165, 1.54) is 24.8 Å². The lowest BCUT2D eigenvalue weighted by atomic mass is 9.56. The Balaban J connectivity index is 1.41. The molecule has 0 radical (unpaired) electrons. The highest BCUT2D eigenvalue weighted by Gasteiger charge is 2.67. The van der Waals surface area contributed by atoms with Crippen molar-refractivity contribution in [2.24, 2.45) is 23.2 Å². The predicted octanol–water partition coefficient (Wildman–Crippen LogP) is 4.22. The summed E-state index contributed by atoms with van der Waals surface area (Å²) < 4.78 is 7.07. The van der Waals surface area contributed by atoms with Crippen LogP contribution in [-0.2, 0) is 4.74 Å². The van der Waals surface area contributed by atoms with Crippen LogP contribution in [0.25, 0.3) is 0 Å². The van der Waals surface area contributed by atoms with E-state index in [9.17, 15) is 10.2 Å². The minimum Gasteiger partial charge on any atom is -0.390 e. The molecule has 2 aliphatic heterocycles. The van der Waals surface area contributed by atoms with Crippen molar-refractivity contribution in [1.29, 1.82) is 0 Å². The fourth-order valence-electron chi connectivity index (χ4n) is 8.02. The van der Waals surface area contributed by atoms with Crippen molar-refractivity contribution in [3.8, 4) is 0 Å². The van der Waals surface area contributed by atoms with E-state index in [1.807, 2.05) is 0 Å². The monoisotopic (exact) mass is 380 g/mol. The Labute approximate surface area is 167 Å². The molecule has 0 amide bonds. The molecule has 0 aromatic heterocycles. The van der Waals surface area contributed by atoms with Gasteiger partial charge in [0, 0.05) is 0 Å². The molecule has 3 nitrogen and oxygen atoms in total. The van der Waals surface area contributed by atoms with E-state index in [0.717, 1.165) is 37.2 Å². The van der Waals surface area contributed by atoms with Gasteiger partial charge in [-0.05, 0) is 85.7 Å². The van der Waals surface area contributed by atoms with Crippen LogP contribution in [0, 0.1) is 23.2 Å². The summed E-state index contributed by atoms with van der Waals surface area (Å²) in [6.45, 7) is 2.52. The Morgan fingerprint density at radius 3 is 2.79 bits per heavy atom. The van der Waals surface area contributed by atoms with Crippen LogP contribution in [0.15, 0.2) is 47.6 Å². The van der Waals surface area contributed by atoms with Crippen LogP contribution in [0.2, 0.25) is 0 Å². The molecule has 1 saturated heterocycles. The molecule has 2 N–H and O–H groups in total. The van der Waals surface area contributed by atoms with Crippen molar-refractivity contribution in [2.45, 2.75) is 81.7 Å². The zero-order chi connectivity index (χ0) is 19.1. The first-order valence-corrected chi connectivity index (χ1v) is 11.3. The number of hydrogen-bond acceptors (Lipinski definition) is 3. The lowest BCUT2D eigenvalue weighted by Crippen LogP contribution is -2.56. The SMILES string of the molecule is C[C@]12CC=C3C=C4[C@@H](O)[C@H](O)CC[C@]45CC[C@]3(O5)[C@@H]1CC[C@@H]2C1C=CC=CC1. The predicted molar refractivity (Wildman–Crippen MR) is 109 cm³/mol. The Morgan fingerprint density at radius 2 is 1.96 bits per heavy atom. The van der Waals surface area contributed by atoms with Crippen LogP contribution >= 0.6 is 0 Å². The highest BCUT2D eigenvalue weighted by atomic mass is 16.5. The second kappa shape index (κ2) is 5.71. The topological polar surface area (TPSA) is 49.7 Å². The van der Waals surface area contributed by atoms with Gasteiger partial charge in [-0.25, -0.2) is 0 Å². The summed E-state index contributed by atoms with van der Waals surface area (Å²) >= 11 is 0. The first-order valence-electron chi connectivity index (χ1n) is 11.3. The molecule has 2 saturated carbocycles. The smallest absolute Gasteiger partial charge is 0.104 e. The van der Waals surface area contributed by atoms with Gasteiger partial charge in [0.2, 0.25) is 0 Å². The second-order valence-corrected chi connectivity index (χ2v) is 10.5. The van der Waals surface area contributed by atoms with Crippen LogP contribution < -0.4 is 0 Å². The molecule has 2 heterocycles. The zero-order valence-corrected chi connectivity index (χ0v) is 16.8. The van der Waals surface area contributed by atoms with Crippen molar-refractivity contribution in [2.75, 3.05) is 0 Å². The van der Waals surface area contributed by atoms with Gasteiger partial charge in [-0.2, -0.15) is 0 Å². The molecule has 6 aliphatic rings. The molecule has 2 spiro atoms. The average Bonchev–Trinajstić information content (AvgIpc) is 3.22. The number of ether oxygens (including phenoxy) is 1. The van der Waals surface area contributed by atoms with Crippen LogP contribution in [0.3, 0.4) is 0 Å². The van der Waals surface area contributed by atoms with Gasteiger partial charge in [0.1, 0.15) is 6.10 Å². The molecule has 3 fully saturated rings. The van der Waals surface area contributed by atoms with E-state index >= 15 is 0 Å². The lowest BCUT2D eigenvalue weighted by Gasteiger charge is -2.55. The highest BCUT2D eigenvalue weighted by Crippen LogP contribution is 2.68. The van der Waals surface area contributed by atoms with Crippen LogP contribution in [-0.4, -0.2) is 33.6 Å². The van der Waals surface area contributed by atoms with Crippen LogP contribution in [0.1, 0.15) is 58.3 Å². The third-order valence-corrected chi connectivity index (χ3v) is 9.40. The molecule has 3 heteroatoms. The number of allylic oxidation sites excluding steroid dienone is 5. The van der Waals surface area contributed by atoms with Gasteiger partial charge in [0.05, 0.1) is 17.3 Å². The van der Waals surface area contributed by atoms with E-state index in [-0.39, 0.29) is 16.6 Å². The molecule has 1 unspecified atom stereocenters. The van der Waals surface area contributed by atoms with Gasteiger partial charge in [0.25, 0.3) is 0 Å². The van der Waals surface area contributed by atoms with Gasteiger partial charge < -0.3 is 14.9 Å². The van der Waals surface area contributed by atoms with Gasteiger partial charge in [-0.15, -0.1) is 0 Å². The summed E-state index contributed by atoms with van der Waals surface area (Å²) in [5.41, 5.74) is 2.03. The Bertz CT molecular complexity index is 822. The first-order chi connectivity index (χ1) is 13.5. The molecule has 150 valence electrons. The first kappa shape index (κ1) is 17.7. The summed E-state index contributed by atoms with van der Waals surface area (Å²) in [5.74, 6) is 1.93. The number of hydrogen-bond donors (Lipinski definition) is 2. The Kier molecular flexibility index (Phi) is 3.61. The van der Waals surface area contributed by atoms with Gasteiger partial charge >= 0.3 is 0 Å². The summed E-state index contributed by atoms with van der Waals surface area (Å²) in [5, 5.41) is 20.9. The summed E-state index contributed by atoms with van der Waals surface area (Å²) in [6, 6.07) is 0. The third-order valence-electron chi connectivity index (χ3n) is 9.40. The maximum Gasteiger partial charge on any atom is 0.104 e. The van der Waals surface area contributed by atoms with E-state index < -0.39 is 12.2 Å². The normalized spacial score (nSPS) is 53.9. The fourth-order valence-corrected chi connectivity index (χ4v) is 8.02. The molecule has 0 aromatic carbocycles. The molecule has 2 bridgehead atoms. The quantitative estimate of drug-likeness (QED) is 0.716. The number of aliphatic hydroxyl groups excluding tert-OH is 2. The van der Waals surface area contributed by atoms with E-state index in [4.69, 9.17) is 4.74 Å². The molecule has 0 aromatic rings. The number of rotatable bonds is 1.